The molecule has 25 heavy (non-hydrogen) atoms. The summed E-state index contributed by atoms with van der Waals surface area (Å²) in [5, 5.41) is 5.47. The summed E-state index contributed by atoms with van der Waals surface area (Å²) in [5.74, 6) is 1.43. The average molecular weight is 386 g/mol. The highest BCUT2D eigenvalue weighted by atomic mass is 35.5. The third-order valence-electron chi connectivity index (χ3n) is 3.67. The van der Waals surface area contributed by atoms with Gasteiger partial charge >= 0.3 is 0 Å². The Bertz CT molecular complexity index is 1040. The number of rotatable bonds is 3. The third kappa shape index (κ3) is 3.47. The van der Waals surface area contributed by atoms with Crippen LogP contribution in [-0.2, 0) is 0 Å². The largest absolute Gasteiger partial charge is 0.339 e. The van der Waals surface area contributed by atoms with Crippen LogP contribution in [0.5, 0.6) is 0 Å². The van der Waals surface area contributed by atoms with Crippen LogP contribution in [0.15, 0.2) is 54.6 Å². The number of fused-ring (bicyclic) bond motifs is 1. The number of aromatic nitrogens is 2. The van der Waals surface area contributed by atoms with Gasteiger partial charge in [0.2, 0.25) is 0 Å². The number of aryl methyl sites for hydroxylation is 1. The Morgan fingerprint density at radius 1 is 0.920 bits per heavy atom. The van der Waals surface area contributed by atoms with Crippen molar-refractivity contribution in [1.82, 2.24) is 9.97 Å². The molecule has 6 heteroatoms. The molecular formula is C19H13Cl2N3S. The van der Waals surface area contributed by atoms with E-state index >= 15 is 0 Å². The Morgan fingerprint density at radius 3 is 2.36 bits per heavy atom. The van der Waals surface area contributed by atoms with Crippen molar-refractivity contribution in [3.8, 4) is 11.4 Å². The summed E-state index contributed by atoms with van der Waals surface area (Å²) in [5.41, 5.74) is 1.77. The van der Waals surface area contributed by atoms with Gasteiger partial charge in [0.05, 0.1) is 5.39 Å². The van der Waals surface area contributed by atoms with Crippen LogP contribution in [0.25, 0.3) is 21.6 Å². The molecule has 0 aliphatic heterocycles. The van der Waals surface area contributed by atoms with Gasteiger partial charge < -0.3 is 5.32 Å². The van der Waals surface area contributed by atoms with Crippen molar-refractivity contribution in [2.75, 3.05) is 5.32 Å². The highest BCUT2D eigenvalue weighted by molar-refractivity contribution is 7.18. The van der Waals surface area contributed by atoms with Crippen LogP contribution in [0.4, 0.5) is 11.5 Å². The quantitative estimate of drug-likeness (QED) is 0.425. The summed E-state index contributed by atoms with van der Waals surface area (Å²) in [6, 6.07) is 17.4. The minimum Gasteiger partial charge on any atom is -0.339 e. The van der Waals surface area contributed by atoms with Crippen molar-refractivity contribution in [2.24, 2.45) is 0 Å². The maximum atomic E-state index is 6.11. The molecule has 0 radical (unpaired) electrons. The molecule has 0 unspecified atom stereocenters. The molecule has 124 valence electrons. The van der Waals surface area contributed by atoms with E-state index in [2.05, 4.69) is 18.3 Å². The molecule has 1 N–H and O–H groups in total. The van der Waals surface area contributed by atoms with Gasteiger partial charge in [0, 0.05) is 26.2 Å². The number of thiophene rings is 1. The van der Waals surface area contributed by atoms with Crippen LogP contribution >= 0.6 is 34.5 Å². The second kappa shape index (κ2) is 6.64. The first-order valence-electron chi connectivity index (χ1n) is 7.65. The van der Waals surface area contributed by atoms with Crippen LogP contribution in [0.3, 0.4) is 0 Å². The number of hydrogen-bond acceptors (Lipinski definition) is 4. The molecule has 0 spiro atoms. The Kier molecular flexibility index (Phi) is 4.34. The van der Waals surface area contributed by atoms with E-state index in [0.717, 1.165) is 27.3 Å². The zero-order chi connectivity index (χ0) is 17.4. The van der Waals surface area contributed by atoms with E-state index in [1.807, 2.05) is 42.5 Å². The van der Waals surface area contributed by atoms with Gasteiger partial charge in [-0.1, -0.05) is 53.5 Å². The lowest BCUT2D eigenvalue weighted by molar-refractivity contribution is 1.23. The van der Waals surface area contributed by atoms with Gasteiger partial charge in [0.1, 0.15) is 10.6 Å². The molecule has 0 aliphatic carbocycles. The predicted molar refractivity (Wildman–Crippen MR) is 107 cm³/mol. The summed E-state index contributed by atoms with van der Waals surface area (Å²) < 4.78 is 0. The van der Waals surface area contributed by atoms with Crippen LogP contribution in [0, 0.1) is 6.92 Å². The first-order chi connectivity index (χ1) is 12.1. The Hall–Kier alpha value is -2.14. The fraction of sp³-hybridized carbons (Fsp3) is 0.0526. The van der Waals surface area contributed by atoms with Crippen LogP contribution in [-0.4, -0.2) is 9.97 Å². The number of benzene rings is 2. The van der Waals surface area contributed by atoms with Crippen molar-refractivity contribution in [3.05, 3.63) is 69.5 Å². The summed E-state index contributed by atoms with van der Waals surface area (Å²) >= 11 is 13.9. The van der Waals surface area contributed by atoms with E-state index < -0.39 is 0 Å². The van der Waals surface area contributed by atoms with E-state index in [9.17, 15) is 0 Å². The van der Waals surface area contributed by atoms with Crippen molar-refractivity contribution in [3.63, 3.8) is 0 Å². The predicted octanol–water partition coefficient (Wildman–Crippen LogP) is 6.72. The van der Waals surface area contributed by atoms with Crippen molar-refractivity contribution < 1.29 is 0 Å². The third-order valence-corrected chi connectivity index (χ3v) is 5.05. The van der Waals surface area contributed by atoms with E-state index in [1.165, 1.54) is 4.88 Å². The molecule has 4 aromatic rings. The monoisotopic (exact) mass is 385 g/mol. The summed E-state index contributed by atoms with van der Waals surface area (Å²) in [4.78, 5) is 11.6. The Labute approximate surface area is 159 Å². The Morgan fingerprint density at radius 2 is 1.64 bits per heavy atom. The molecular weight excluding hydrogens is 373 g/mol. The van der Waals surface area contributed by atoms with Gasteiger partial charge in [0.15, 0.2) is 5.82 Å². The van der Waals surface area contributed by atoms with Crippen molar-refractivity contribution in [2.45, 2.75) is 6.92 Å². The van der Waals surface area contributed by atoms with Crippen LogP contribution in [0.1, 0.15) is 4.88 Å². The Balaban J connectivity index is 1.86. The first kappa shape index (κ1) is 16.3. The number of nitrogens with zero attached hydrogens (tertiary/aromatic N) is 2. The minimum atomic E-state index is 0.574. The highest BCUT2D eigenvalue weighted by Gasteiger charge is 2.12. The molecule has 0 bridgehead atoms. The standard InChI is InChI=1S/C19H13Cl2N3S/c1-11-7-16-18(22-15-9-13(20)8-14(21)10-15)23-17(24-19(16)25-11)12-5-3-2-4-6-12/h2-10H,1H3,(H,22,23,24). The maximum absolute atomic E-state index is 6.11. The van der Waals surface area contributed by atoms with E-state index in [4.69, 9.17) is 33.2 Å². The topological polar surface area (TPSA) is 37.8 Å². The molecule has 2 heterocycles. The van der Waals surface area contributed by atoms with Crippen molar-refractivity contribution in [1.29, 1.82) is 0 Å². The molecule has 0 amide bonds. The van der Waals surface area contributed by atoms with Gasteiger partial charge in [-0.05, 0) is 31.2 Å². The minimum absolute atomic E-state index is 0.574. The van der Waals surface area contributed by atoms with Gasteiger partial charge in [0.25, 0.3) is 0 Å². The number of anilines is 2. The molecule has 2 aromatic carbocycles. The fourth-order valence-electron chi connectivity index (χ4n) is 2.62. The smallest absolute Gasteiger partial charge is 0.163 e. The molecule has 0 atom stereocenters. The zero-order valence-electron chi connectivity index (χ0n) is 13.3. The van der Waals surface area contributed by atoms with Gasteiger partial charge in [-0.15, -0.1) is 11.3 Å². The number of hydrogen-bond donors (Lipinski definition) is 1. The number of nitrogens with one attached hydrogen (secondary N) is 1. The van der Waals surface area contributed by atoms with Gasteiger partial charge in [-0.2, -0.15) is 0 Å². The first-order valence-corrected chi connectivity index (χ1v) is 9.22. The maximum Gasteiger partial charge on any atom is 0.163 e. The molecule has 0 fully saturated rings. The normalized spacial score (nSPS) is 11.0. The second-order valence-corrected chi connectivity index (χ2v) is 7.73. The molecule has 0 aliphatic rings. The number of halogens is 2. The highest BCUT2D eigenvalue weighted by Crippen LogP contribution is 2.33. The lowest BCUT2D eigenvalue weighted by Crippen LogP contribution is -1.98. The summed E-state index contributed by atoms with van der Waals surface area (Å²) in [7, 11) is 0. The molecule has 2 aromatic heterocycles. The second-order valence-electron chi connectivity index (χ2n) is 5.62. The SMILES string of the molecule is Cc1cc2c(Nc3cc(Cl)cc(Cl)c3)nc(-c3ccccc3)nc2s1. The van der Waals surface area contributed by atoms with Crippen LogP contribution < -0.4 is 5.32 Å². The molecule has 0 saturated heterocycles. The van der Waals surface area contributed by atoms with Gasteiger partial charge in [-0.3, -0.25) is 0 Å². The van der Waals surface area contributed by atoms with Gasteiger partial charge in [-0.25, -0.2) is 9.97 Å². The van der Waals surface area contributed by atoms with Crippen LogP contribution in [0.2, 0.25) is 10.0 Å². The molecule has 0 saturated carbocycles. The lowest BCUT2D eigenvalue weighted by Gasteiger charge is -2.10. The molecule has 3 nitrogen and oxygen atoms in total. The summed E-state index contributed by atoms with van der Waals surface area (Å²) in [6.45, 7) is 2.06. The van der Waals surface area contributed by atoms with Crippen molar-refractivity contribution >= 4 is 56.3 Å². The van der Waals surface area contributed by atoms with E-state index in [0.29, 0.717) is 15.9 Å². The lowest BCUT2D eigenvalue weighted by atomic mass is 10.2. The average Bonchev–Trinajstić information content (AvgIpc) is 2.95. The van der Waals surface area contributed by atoms with E-state index in [-0.39, 0.29) is 0 Å². The zero-order valence-corrected chi connectivity index (χ0v) is 15.6. The summed E-state index contributed by atoms with van der Waals surface area (Å²) in [6.07, 6.45) is 0. The molecule has 4 rings (SSSR count). The van der Waals surface area contributed by atoms with E-state index in [1.54, 1.807) is 17.4 Å². The fourth-order valence-corrected chi connectivity index (χ4v) is 4.02.